The van der Waals surface area contributed by atoms with Crippen molar-refractivity contribution in [1.29, 1.82) is 0 Å². The molecule has 1 aromatic carbocycles. The Morgan fingerprint density at radius 3 is 2.76 bits per heavy atom. The molecule has 10 heteroatoms. The number of rotatable bonds is 8. The highest BCUT2D eigenvalue weighted by molar-refractivity contribution is 8.26. The van der Waals surface area contributed by atoms with E-state index in [0.717, 1.165) is 11.8 Å². The number of fused-ring (bicyclic) bond motifs is 1. The summed E-state index contributed by atoms with van der Waals surface area (Å²) in [6, 6.07) is 12.1. The minimum Gasteiger partial charge on any atom is -0.437 e. The molecule has 0 unspecified atom stereocenters. The fraction of sp³-hybridized carbons (Fsp3) is 0.217. The van der Waals surface area contributed by atoms with Gasteiger partial charge in [-0.05, 0) is 43.7 Å². The van der Waals surface area contributed by atoms with E-state index in [-0.39, 0.29) is 22.9 Å². The SMILES string of the molecule is CCOCCCN1C(=O)/C(=C\c2c(Oc3ccccc3Cl)nc3ccccn3c2=O)SC1=S. The van der Waals surface area contributed by atoms with Crippen LogP contribution in [0.15, 0.2) is 58.4 Å². The number of hydrogen-bond acceptors (Lipinski definition) is 7. The maximum atomic E-state index is 13.3. The van der Waals surface area contributed by atoms with Crippen molar-refractivity contribution in [2.45, 2.75) is 13.3 Å². The van der Waals surface area contributed by atoms with Crippen molar-refractivity contribution in [1.82, 2.24) is 14.3 Å². The number of para-hydroxylation sites is 1. The van der Waals surface area contributed by atoms with Crippen molar-refractivity contribution >= 4 is 57.5 Å². The van der Waals surface area contributed by atoms with Crippen molar-refractivity contribution in [2.75, 3.05) is 19.8 Å². The van der Waals surface area contributed by atoms with Crippen LogP contribution in [-0.4, -0.2) is 44.3 Å². The van der Waals surface area contributed by atoms with Crippen LogP contribution in [-0.2, 0) is 9.53 Å². The number of halogens is 1. The third-order valence-corrected chi connectivity index (χ3v) is 6.49. The maximum Gasteiger partial charge on any atom is 0.269 e. The monoisotopic (exact) mass is 501 g/mol. The quantitative estimate of drug-likeness (QED) is 0.250. The fourth-order valence-electron chi connectivity index (χ4n) is 3.21. The molecule has 4 rings (SSSR count). The molecule has 33 heavy (non-hydrogen) atoms. The first kappa shape index (κ1) is 23.4. The van der Waals surface area contributed by atoms with Crippen molar-refractivity contribution in [3.05, 3.63) is 74.5 Å². The summed E-state index contributed by atoms with van der Waals surface area (Å²) in [4.78, 5) is 32.7. The number of benzene rings is 1. The summed E-state index contributed by atoms with van der Waals surface area (Å²) < 4.78 is 13.1. The minimum absolute atomic E-state index is 0.0564. The number of carbonyl (C=O) groups excluding carboxylic acids is 1. The maximum absolute atomic E-state index is 13.3. The second-order valence-corrected chi connectivity index (χ2v) is 9.06. The van der Waals surface area contributed by atoms with Crippen LogP contribution in [0, 0.1) is 0 Å². The van der Waals surface area contributed by atoms with Crippen LogP contribution in [0.2, 0.25) is 5.02 Å². The minimum atomic E-state index is -0.371. The van der Waals surface area contributed by atoms with Gasteiger partial charge in [0.2, 0.25) is 5.88 Å². The lowest BCUT2D eigenvalue weighted by molar-refractivity contribution is -0.122. The molecule has 0 aliphatic carbocycles. The molecule has 1 amide bonds. The Hall–Kier alpha value is -2.72. The standard InChI is InChI=1S/C23H20ClN3O4S2/c1-2-30-13-7-12-27-22(29)18(33-23(27)32)14-15-20(31-17-9-4-3-8-16(17)24)25-19-10-5-6-11-26(19)21(15)28/h3-6,8-11,14H,2,7,12-13H2,1H3/b18-14+. The number of amides is 1. The molecule has 0 radical (unpaired) electrons. The molecular formula is C23H20ClN3O4S2. The van der Waals surface area contributed by atoms with Gasteiger partial charge in [-0.15, -0.1) is 0 Å². The highest BCUT2D eigenvalue weighted by atomic mass is 35.5. The van der Waals surface area contributed by atoms with Gasteiger partial charge in [0.15, 0.2) is 0 Å². The Kier molecular flexibility index (Phi) is 7.44. The molecule has 7 nitrogen and oxygen atoms in total. The Bertz CT molecular complexity index is 1310. The smallest absolute Gasteiger partial charge is 0.269 e. The van der Waals surface area contributed by atoms with E-state index in [4.69, 9.17) is 33.3 Å². The van der Waals surface area contributed by atoms with E-state index in [0.29, 0.717) is 51.8 Å². The highest BCUT2D eigenvalue weighted by Gasteiger charge is 2.32. The lowest BCUT2D eigenvalue weighted by atomic mass is 10.2. The van der Waals surface area contributed by atoms with E-state index in [1.165, 1.54) is 15.4 Å². The van der Waals surface area contributed by atoms with Crippen LogP contribution < -0.4 is 10.3 Å². The van der Waals surface area contributed by atoms with Crippen LogP contribution in [0.1, 0.15) is 18.9 Å². The predicted octanol–water partition coefficient (Wildman–Crippen LogP) is 4.77. The molecule has 0 saturated carbocycles. The zero-order chi connectivity index (χ0) is 23.4. The molecule has 1 aliphatic heterocycles. The first-order chi connectivity index (χ1) is 16.0. The molecule has 3 heterocycles. The van der Waals surface area contributed by atoms with E-state index in [2.05, 4.69) is 4.98 Å². The van der Waals surface area contributed by atoms with E-state index in [1.807, 2.05) is 6.92 Å². The average molecular weight is 502 g/mol. The van der Waals surface area contributed by atoms with Crippen LogP contribution in [0.3, 0.4) is 0 Å². The summed E-state index contributed by atoms with van der Waals surface area (Å²) in [5.41, 5.74) is 0.169. The van der Waals surface area contributed by atoms with Crippen LogP contribution in [0.4, 0.5) is 0 Å². The Labute approximate surface area is 205 Å². The third-order valence-electron chi connectivity index (χ3n) is 4.80. The average Bonchev–Trinajstić information content (AvgIpc) is 3.08. The van der Waals surface area contributed by atoms with Crippen LogP contribution in [0.25, 0.3) is 11.7 Å². The predicted molar refractivity (Wildman–Crippen MR) is 134 cm³/mol. The molecule has 0 bridgehead atoms. The summed E-state index contributed by atoms with van der Waals surface area (Å²) in [7, 11) is 0. The molecule has 2 aromatic heterocycles. The number of nitrogens with zero attached hydrogens (tertiary/aromatic N) is 3. The molecule has 1 saturated heterocycles. The van der Waals surface area contributed by atoms with Gasteiger partial charge in [-0.25, -0.2) is 0 Å². The second kappa shape index (κ2) is 10.5. The molecule has 0 spiro atoms. The summed E-state index contributed by atoms with van der Waals surface area (Å²) in [5, 5.41) is 0.374. The summed E-state index contributed by atoms with van der Waals surface area (Å²) in [6.07, 6.45) is 3.76. The first-order valence-corrected chi connectivity index (χ1v) is 11.9. The molecule has 3 aromatic rings. The third kappa shape index (κ3) is 5.11. The van der Waals surface area contributed by atoms with Crippen LogP contribution in [0.5, 0.6) is 11.6 Å². The largest absolute Gasteiger partial charge is 0.437 e. The molecule has 0 atom stereocenters. The van der Waals surface area contributed by atoms with Gasteiger partial charge in [-0.3, -0.25) is 18.9 Å². The van der Waals surface area contributed by atoms with Crippen molar-refractivity contribution in [2.24, 2.45) is 0 Å². The van der Waals surface area contributed by atoms with E-state index < -0.39 is 0 Å². The molecule has 1 fully saturated rings. The van der Waals surface area contributed by atoms with Crippen molar-refractivity contribution in [3.8, 4) is 11.6 Å². The van der Waals surface area contributed by atoms with E-state index in [9.17, 15) is 9.59 Å². The lowest BCUT2D eigenvalue weighted by Crippen LogP contribution is -2.29. The van der Waals surface area contributed by atoms with Gasteiger partial charge in [0, 0.05) is 26.0 Å². The number of carbonyl (C=O) groups is 1. The summed E-state index contributed by atoms with van der Waals surface area (Å²) >= 11 is 12.8. The van der Waals surface area contributed by atoms with E-state index in [1.54, 1.807) is 48.7 Å². The second-order valence-electron chi connectivity index (χ2n) is 6.98. The van der Waals surface area contributed by atoms with Gasteiger partial charge >= 0.3 is 0 Å². The number of ether oxygens (including phenoxy) is 2. The zero-order valence-electron chi connectivity index (χ0n) is 17.7. The Morgan fingerprint density at radius 2 is 1.97 bits per heavy atom. The lowest BCUT2D eigenvalue weighted by Gasteiger charge is -2.14. The van der Waals surface area contributed by atoms with Gasteiger partial charge in [0.05, 0.1) is 9.93 Å². The number of pyridine rings is 1. The number of thiocarbonyl (C=S) groups is 1. The Morgan fingerprint density at radius 1 is 1.18 bits per heavy atom. The molecule has 170 valence electrons. The first-order valence-electron chi connectivity index (χ1n) is 10.3. The van der Waals surface area contributed by atoms with Crippen LogP contribution >= 0.6 is 35.6 Å². The fourth-order valence-corrected chi connectivity index (χ4v) is 4.67. The van der Waals surface area contributed by atoms with Gasteiger partial charge in [-0.2, -0.15) is 4.98 Å². The van der Waals surface area contributed by atoms with Gasteiger partial charge < -0.3 is 9.47 Å². The normalized spacial score (nSPS) is 15.1. The van der Waals surface area contributed by atoms with Gasteiger partial charge in [0.1, 0.15) is 21.3 Å². The van der Waals surface area contributed by atoms with E-state index >= 15 is 0 Å². The van der Waals surface area contributed by atoms with Crippen molar-refractivity contribution in [3.63, 3.8) is 0 Å². The Balaban J connectivity index is 1.73. The number of thioether (sulfide) groups is 1. The van der Waals surface area contributed by atoms with Gasteiger partial charge in [-0.1, -0.05) is 53.8 Å². The number of hydrogen-bond donors (Lipinski definition) is 0. The topological polar surface area (TPSA) is 73.1 Å². The molecular weight excluding hydrogens is 482 g/mol. The summed E-state index contributed by atoms with van der Waals surface area (Å²) in [5.74, 6) is 0.146. The zero-order valence-corrected chi connectivity index (χ0v) is 20.1. The summed E-state index contributed by atoms with van der Waals surface area (Å²) in [6.45, 7) is 3.52. The highest BCUT2D eigenvalue weighted by Crippen LogP contribution is 2.35. The number of aromatic nitrogens is 2. The van der Waals surface area contributed by atoms with Gasteiger partial charge in [0.25, 0.3) is 11.5 Å². The molecule has 1 aliphatic rings. The molecule has 0 N–H and O–H groups in total. The van der Waals surface area contributed by atoms with Crippen molar-refractivity contribution < 1.29 is 14.3 Å².